The highest BCUT2D eigenvalue weighted by atomic mass is 32.1. The monoisotopic (exact) mass is 318 g/mol. The van der Waals surface area contributed by atoms with Crippen molar-refractivity contribution in [1.82, 2.24) is 19.7 Å². The van der Waals surface area contributed by atoms with Crippen molar-refractivity contribution in [2.45, 2.75) is 38.5 Å². The highest BCUT2D eigenvalue weighted by Crippen LogP contribution is 2.34. The molecule has 1 amide bonds. The zero-order chi connectivity index (χ0) is 15.7. The molecule has 0 aromatic carbocycles. The number of nitrogens with zero attached hydrogens (tertiary/aromatic N) is 4. The summed E-state index contributed by atoms with van der Waals surface area (Å²) in [7, 11) is 3.75. The number of thiazole rings is 1. The van der Waals surface area contributed by atoms with Crippen LogP contribution in [0.3, 0.4) is 0 Å². The number of likely N-dealkylation sites (N-methyl/N-ethyl adjacent to an activating group) is 1. The third kappa shape index (κ3) is 3.21. The normalized spacial score (nSPS) is 17.3. The van der Waals surface area contributed by atoms with Crippen molar-refractivity contribution in [3.63, 3.8) is 0 Å². The lowest BCUT2D eigenvalue weighted by Crippen LogP contribution is -2.33. The van der Waals surface area contributed by atoms with Gasteiger partial charge in [-0.1, -0.05) is 0 Å². The quantitative estimate of drug-likeness (QED) is 0.869. The van der Waals surface area contributed by atoms with Gasteiger partial charge < -0.3 is 4.90 Å². The van der Waals surface area contributed by atoms with Crippen LogP contribution in [-0.2, 0) is 24.7 Å². The molecule has 0 saturated heterocycles. The molecule has 6 heteroatoms. The standard InChI is InChI=1S/C16H22N4OS/c1-11-17-16-12(5-4-6-14(16)22-11)10-19(2)15(21)9-13-7-8-20(3)18-13/h7-8,12H,4-6,9-10H2,1-3H3/t12-/m0/s1. The minimum atomic E-state index is 0.123. The molecule has 2 aromatic heterocycles. The first-order chi connectivity index (χ1) is 10.5. The highest BCUT2D eigenvalue weighted by molar-refractivity contribution is 7.11. The van der Waals surface area contributed by atoms with Crippen LogP contribution >= 0.6 is 11.3 Å². The molecule has 1 aliphatic rings. The van der Waals surface area contributed by atoms with Crippen LogP contribution in [-0.4, -0.2) is 39.2 Å². The lowest BCUT2D eigenvalue weighted by atomic mass is 9.90. The fourth-order valence-electron chi connectivity index (χ4n) is 3.09. The largest absolute Gasteiger partial charge is 0.345 e. The SMILES string of the molecule is Cc1nc2c(s1)CCC[C@H]2CN(C)C(=O)Cc1ccn(C)n1. The summed E-state index contributed by atoms with van der Waals surface area (Å²) in [5, 5.41) is 5.42. The van der Waals surface area contributed by atoms with Gasteiger partial charge in [-0.15, -0.1) is 11.3 Å². The van der Waals surface area contributed by atoms with E-state index in [-0.39, 0.29) is 5.91 Å². The number of aromatic nitrogens is 3. The third-order valence-electron chi connectivity index (χ3n) is 4.20. The lowest BCUT2D eigenvalue weighted by Gasteiger charge is -2.26. The Morgan fingerprint density at radius 1 is 1.55 bits per heavy atom. The van der Waals surface area contributed by atoms with E-state index in [1.165, 1.54) is 17.0 Å². The predicted molar refractivity (Wildman–Crippen MR) is 87.1 cm³/mol. The molecule has 0 spiro atoms. The van der Waals surface area contributed by atoms with E-state index in [0.717, 1.165) is 30.1 Å². The summed E-state index contributed by atoms with van der Waals surface area (Å²) in [5.41, 5.74) is 2.06. The summed E-state index contributed by atoms with van der Waals surface area (Å²) in [6.07, 6.45) is 5.70. The topological polar surface area (TPSA) is 51.0 Å². The van der Waals surface area contributed by atoms with Gasteiger partial charge in [-0.2, -0.15) is 5.10 Å². The van der Waals surface area contributed by atoms with Gasteiger partial charge in [-0.3, -0.25) is 9.48 Å². The summed E-state index contributed by atoms with van der Waals surface area (Å²) in [4.78, 5) is 20.3. The molecule has 1 aliphatic carbocycles. The van der Waals surface area contributed by atoms with Crippen LogP contribution in [0.2, 0.25) is 0 Å². The van der Waals surface area contributed by atoms with E-state index < -0.39 is 0 Å². The van der Waals surface area contributed by atoms with Gasteiger partial charge in [-0.05, 0) is 32.3 Å². The summed E-state index contributed by atoms with van der Waals surface area (Å²) in [6.45, 7) is 2.82. The number of hydrogen-bond donors (Lipinski definition) is 0. The second-order valence-corrected chi connectivity index (χ2v) is 7.35. The minimum Gasteiger partial charge on any atom is -0.345 e. The highest BCUT2D eigenvalue weighted by Gasteiger charge is 2.26. The smallest absolute Gasteiger partial charge is 0.228 e. The predicted octanol–water partition coefficient (Wildman–Crippen LogP) is 2.31. The molecule has 2 heterocycles. The van der Waals surface area contributed by atoms with Gasteiger partial charge in [0.15, 0.2) is 0 Å². The Bertz CT molecular complexity index is 675. The summed E-state index contributed by atoms with van der Waals surface area (Å²) >= 11 is 1.81. The Morgan fingerprint density at radius 2 is 2.36 bits per heavy atom. The summed E-state index contributed by atoms with van der Waals surface area (Å²) in [5.74, 6) is 0.504. The first-order valence-electron chi connectivity index (χ1n) is 7.71. The van der Waals surface area contributed by atoms with Crippen molar-refractivity contribution in [2.24, 2.45) is 7.05 Å². The van der Waals surface area contributed by atoms with E-state index in [9.17, 15) is 4.79 Å². The molecule has 5 nitrogen and oxygen atoms in total. The van der Waals surface area contributed by atoms with Crippen LogP contribution < -0.4 is 0 Å². The van der Waals surface area contributed by atoms with Crippen LogP contribution in [0.5, 0.6) is 0 Å². The maximum atomic E-state index is 12.4. The van der Waals surface area contributed by atoms with Gasteiger partial charge in [0.05, 0.1) is 22.8 Å². The van der Waals surface area contributed by atoms with Gasteiger partial charge in [-0.25, -0.2) is 4.98 Å². The molecule has 0 fully saturated rings. The zero-order valence-electron chi connectivity index (χ0n) is 13.4. The average molecular weight is 318 g/mol. The molecule has 0 unspecified atom stereocenters. The van der Waals surface area contributed by atoms with Crippen molar-refractivity contribution >= 4 is 17.2 Å². The second-order valence-electron chi connectivity index (χ2n) is 6.06. The van der Waals surface area contributed by atoms with Crippen molar-refractivity contribution in [2.75, 3.05) is 13.6 Å². The van der Waals surface area contributed by atoms with Crippen molar-refractivity contribution in [1.29, 1.82) is 0 Å². The third-order valence-corrected chi connectivity index (χ3v) is 5.25. The van der Waals surface area contributed by atoms with Gasteiger partial charge in [0.25, 0.3) is 0 Å². The fourth-order valence-corrected chi connectivity index (χ4v) is 4.15. The van der Waals surface area contributed by atoms with Crippen LogP contribution in [0.1, 0.15) is 40.0 Å². The molecule has 0 bridgehead atoms. The zero-order valence-corrected chi connectivity index (χ0v) is 14.2. The number of hydrogen-bond acceptors (Lipinski definition) is 4. The van der Waals surface area contributed by atoms with Gasteiger partial charge in [0, 0.05) is 37.6 Å². The summed E-state index contributed by atoms with van der Waals surface area (Å²) in [6, 6.07) is 1.90. The Labute approximate surface area is 135 Å². The molecule has 22 heavy (non-hydrogen) atoms. The number of fused-ring (bicyclic) bond motifs is 1. The van der Waals surface area contributed by atoms with Gasteiger partial charge >= 0.3 is 0 Å². The molecule has 0 saturated carbocycles. The number of carbonyl (C=O) groups is 1. The van der Waals surface area contributed by atoms with Crippen LogP contribution in [0.4, 0.5) is 0 Å². The molecule has 2 aromatic rings. The van der Waals surface area contributed by atoms with E-state index in [0.29, 0.717) is 12.3 Å². The average Bonchev–Trinajstić information content (AvgIpc) is 3.04. The molecular formula is C16H22N4OS. The van der Waals surface area contributed by atoms with Crippen molar-refractivity contribution < 1.29 is 4.79 Å². The Kier molecular flexibility index (Phi) is 4.29. The molecule has 0 N–H and O–H groups in total. The molecule has 0 radical (unpaired) electrons. The Morgan fingerprint density at radius 3 is 3.09 bits per heavy atom. The number of aryl methyl sites for hydroxylation is 3. The fraction of sp³-hybridized carbons (Fsp3) is 0.562. The van der Waals surface area contributed by atoms with E-state index in [1.807, 2.05) is 42.6 Å². The summed E-state index contributed by atoms with van der Waals surface area (Å²) < 4.78 is 1.73. The van der Waals surface area contributed by atoms with Crippen molar-refractivity contribution in [3.05, 3.63) is 33.5 Å². The van der Waals surface area contributed by atoms with E-state index in [1.54, 1.807) is 4.68 Å². The first kappa shape index (κ1) is 15.2. The van der Waals surface area contributed by atoms with Crippen molar-refractivity contribution in [3.8, 4) is 0 Å². The minimum absolute atomic E-state index is 0.123. The van der Waals surface area contributed by atoms with Crippen LogP contribution in [0.15, 0.2) is 12.3 Å². The molecular weight excluding hydrogens is 296 g/mol. The number of amides is 1. The maximum absolute atomic E-state index is 12.4. The molecule has 1 atom stereocenters. The second kappa shape index (κ2) is 6.20. The molecule has 118 valence electrons. The number of carbonyl (C=O) groups excluding carboxylic acids is 1. The molecule has 0 aliphatic heterocycles. The Hall–Kier alpha value is -1.69. The van der Waals surface area contributed by atoms with E-state index in [4.69, 9.17) is 4.98 Å². The first-order valence-corrected chi connectivity index (χ1v) is 8.53. The maximum Gasteiger partial charge on any atom is 0.228 e. The van der Waals surface area contributed by atoms with E-state index in [2.05, 4.69) is 12.0 Å². The lowest BCUT2D eigenvalue weighted by molar-refractivity contribution is -0.129. The van der Waals surface area contributed by atoms with Gasteiger partial charge in [0.1, 0.15) is 0 Å². The van der Waals surface area contributed by atoms with Gasteiger partial charge in [0.2, 0.25) is 5.91 Å². The Balaban J connectivity index is 1.64. The van der Waals surface area contributed by atoms with E-state index >= 15 is 0 Å². The number of rotatable bonds is 4. The van der Waals surface area contributed by atoms with Crippen LogP contribution in [0.25, 0.3) is 0 Å². The van der Waals surface area contributed by atoms with Crippen LogP contribution in [0, 0.1) is 6.92 Å². The molecule has 3 rings (SSSR count).